The average molecular weight is 550 g/mol. The topological polar surface area (TPSA) is 81.5 Å². The molecule has 37 heavy (non-hydrogen) atoms. The van der Waals surface area contributed by atoms with Crippen molar-refractivity contribution in [3.05, 3.63) is 78.5 Å². The Labute approximate surface area is 215 Å². The number of hydrogen-bond donors (Lipinski definition) is 0. The predicted octanol–water partition coefficient (Wildman–Crippen LogP) is 6.52. The van der Waals surface area contributed by atoms with E-state index in [1.54, 1.807) is 61.5 Å². The van der Waals surface area contributed by atoms with Crippen molar-refractivity contribution in [2.45, 2.75) is 24.4 Å². The Morgan fingerprint density at radius 1 is 1.03 bits per heavy atom. The number of halogens is 3. The normalized spacial score (nSPS) is 11.9. The van der Waals surface area contributed by atoms with E-state index in [0.29, 0.717) is 21.7 Å². The van der Waals surface area contributed by atoms with Crippen LogP contribution in [-0.4, -0.2) is 37.3 Å². The first kappa shape index (κ1) is 26.4. The summed E-state index contributed by atoms with van der Waals surface area (Å²) in [6.07, 6.45) is -4.03. The highest BCUT2D eigenvalue weighted by atomic mass is 32.2. The monoisotopic (exact) mass is 549 g/mol. The molecule has 2 aromatic carbocycles. The molecule has 0 atom stereocenters. The lowest BCUT2D eigenvalue weighted by Gasteiger charge is -2.23. The predicted molar refractivity (Wildman–Crippen MR) is 135 cm³/mol. The first-order chi connectivity index (χ1) is 17.5. The van der Waals surface area contributed by atoms with Crippen molar-refractivity contribution in [1.29, 1.82) is 0 Å². The fourth-order valence-electron chi connectivity index (χ4n) is 3.46. The lowest BCUT2D eigenvalue weighted by Crippen LogP contribution is -2.38. The number of nitrogens with zero attached hydrogens (tertiary/aromatic N) is 3. The number of ether oxygens (including phenoxy) is 1. The number of benzene rings is 2. The Hall–Kier alpha value is -3.64. The molecule has 0 saturated carbocycles. The molecule has 7 nitrogen and oxygen atoms in total. The molecule has 0 saturated heterocycles. The summed E-state index contributed by atoms with van der Waals surface area (Å²) < 4.78 is 70.4. The SMILES string of the molecule is CCCOC(=O)N(c1ccccc1)n1nc(C(F)(F)F)cc1-c1ccc(-c2cccc(S(C)(=O)=O)c2)s1. The van der Waals surface area contributed by atoms with Crippen LogP contribution in [0, 0.1) is 0 Å². The van der Waals surface area contributed by atoms with E-state index in [-0.39, 0.29) is 22.9 Å². The van der Waals surface area contributed by atoms with Crippen LogP contribution in [-0.2, 0) is 20.8 Å². The molecule has 12 heteroatoms. The van der Waals surface area contributed by atoms with Crippen molar-refractivity contribution in [2.24, 2.45) is 0 Å². The number of carbonyl (C=O) groups is 1. The Kier molecular flexibility index (Phi) is 7.42. The van der Waals surface area contributed by atoms with E-state index in [9.17, 15) is 26.4 Å². The molecule has 194 valence electrons. The summed E-state index contributed by atoms with van der Waals surface area (Å²) in [4.78, 5) is 15.0. The number of amides is 1. The third-order valence-corrected chi connectivity index (χ3v) is 7.45. The van der Waals surface area contributed by atoms with Gasteiger partial charge in [0.05, 0.1) is 22.1 Å². The second-order valence-corrected chi connectivity index (χ2v) is 11.1. The summed E-state index contributed by atoms with van der Waals surface area (Å²) in [6.45, 7) is 1.87. The molecule has 0 aliphatic heterocycles. The molecule has 0 fully saturated rings. The molecule has 0 unspecified atom stereocenters. The third kappa shape index (κ3) is 5.86. The highest BCUT2D eigenvalue weighted by molar-refractivity contribution is 7.90. The fraction of sp³-hybridized carbons (Fsp3) is 0.200. The number of carbonyl (C=O) groups excluding carboxylic acids is 1. The molecule has 0 N–H and O–H groups in total. The number of para-hydroxylation sites is 1. The van der Waals surface area contributed by atoms with Crippen LogP contribution in [0.2, 0.25) is 0 Å². The highest BCUT2D eigenvalue weighted by Crippen LogP contribution is 2.38. The lowest BCUT2D eigenvalue weighted by molar-refractivity contribution is -0.141. The van der Waals surface area contributed by atoms with Crippen molar-refractivity contribution in [3.63, 3.8) is 0 Å². The van der Waals surface area contributed by atoms with E-state index < -0.39 is 27.8 Å². The van der Waals surface area contributed by atoms with Gasteiger partial charge in [-0.15, -0.1) is 16.4 Å². The van der Waals surface area contributed by atoms with E-state index >= 15 is 0 Å². The van der Waals surface area contributed by atoms with Gasteiger partial charge in [0.15, 0.2) is 15.5 Å². The Bertz CT molecular complexity index is 1510. The van der Waals surface area contributed by atoms with Gasteiger partial charge in [-0.2, -0.15) is 23.0 Å². The number of aromatic nitrogens is 2. The van der Waals surface area contributed by atoms with Crippen molar-refractivity contribution < 1.29 is 31.1 Å². The molecular weight excluding hydrogens is 527 g/mol. The van der Waals surface area contributed by atoms with Crippen molar-refractivity contribution in [3.8, 4) is 21.0 Å². The number of thiophene rings is 1. The number of anilines is 1. The minimum absolute atomic E-state index is 0.0140. The Morgan fingerprint density at radius 3 is 2.38 bits per heavy atom. The molecule has 1 amide bonds. The second-order valence-electron chi connectivity index (χ2n) is 8.03. The smallest absolute Gasteiger partial charge is 0.435 e. The zero-order chi connectivity index (χ0) is 26.8. The minimum atomic E-state index is -4.76. The van der Waals surface area contributed by atoms with Gasteiger partial charge in [0.1, 0.15) is 5.69 Å². The average Bonchev–Trinajstić information content (AvgIpc) is 3.51. The van der Waals surface area contributed by atoms with Crippen LogP contribution in [0.25, 0.3) is 21.0 Å². The molecule has 2 aromatic heterocycles. The molecule has 0 aliphatic carbocycles. The van der Waals surface area contributed by atoms with E-state index in [1.165, 1.54) is 12.1 Å². The highest BCUT2D eigenvalue weighted by Gasteiger charge is 2.37. The lowest BCUT2D eigenvalue weighted by atomic mass is 10.2. The summed E-state index contributed by atoms with van der Waals surface area (Å²) in [5, 5.41) is 4.68. The van der Waals surface area contributed by atoms with E-state index in [2.05, 4.69) is 5.10 Å². The molecule has 0 spiro atoms. The molecule has 4 aromatic rings. The van der Waals surface area contributed by atoms with Crippen LogP contribution in [0.15, 0.2) is 77.7 Å². The number of sulfone groups is 1. The van der Waals surface area contributed by atoms with Crippen LogP contribution in [0.1, 0.15) is 19.0 Å². The largest absolute Gasteiger partial charge is 0.448 e. The maximum atomic E-state index is 13.7. The fourth-order valence-corrected chi connectivity index (χ4v) is 5.12. The molecule has 4 rings (SSSR count). The summed E-state index contributed by atoms with van der Waals surface area (Å²) in [5.41, 5.74) is -0.316. The number of alkyl halides is 3. The van der Waals surface area contributed by atoms with Crippen LogP contribution in [0.4, 0.5) is 23.7 Å². The van der Waals surface area contributed by atoms with Gasteiger partial charge >= 0.3 is 12.3 Å². The Balaban J connectivity index is 1.85. The van der Waals surface area contributed by atoms with Crippen LogP contribution in [0.5, 0.6) is 0 Å². The van der Waals surface area contributed by atoms with Gasteiger partial charge in [-0.25, -0.2) is 13.2 Å². The second kappa shape index (κ2) is 10.4. The van der Waals surface area contributed by atoms with Gasteiger partial charge in [0.2, 0.25) is 0 Å². The Morgan fingerprint density at radius 2 is 1.73 bits per heavy atom. The summed E-state index contributed by atoms with van der Waals surface area (Å²) in [7, 11) is -3.45. The summed E-state index contributed by atoms with van der Waals surface area (Å²) >= 11 is 1.14. The molecule has 2 heterocycles. The maximum absolute atomic E-state index is 13.7. The first-order valence-corrected chi connectivity index (χ1v) is 13.8. The van der Waals surface area contributed by atoms with Gasteiger partial charge < -0.3 is 4.74 Å². The van der Waals surface area contributed by atoms with E-state index in [1.807, 2.05) is 0 Å². The van der Waals surface area contributed by atoms with Crippen molar-refractivity contribution in [1.82, 2.24) is 9.89 Å². The van der Waals surface area contributed by atoms with Gasteiger partial charge in [0.25, 0.3) is 0 Å². The molecule has 0 bridgehead atoms. The number of rotatable bonds is 7. The summed E-state index contributed by atoms with van der Waals surface area (Å²) in [6, 6.07) is 18.5. The zero-order valence-corrected chi connectivity index (χ0v) is 21.4. The van der Waals surface area contributed by atoms with E-state index in [0.717, 1.165) is 33.5 Å². The van der Waals surface area contributed by atoms with Crippen molar-refractivity contribution in [2.75, 3.05) is 17.9 Å². The zero-order valence-electron chi connectivity index (χ0n) is 19.8. The first-order valence-electron chi connectivity index (χ1n) is 11.1. The quantitative estimate of drug-likeness (QED) is 0.262. The van der Waals surface area contributed by atoms with Gasteiger partial charge in [-0.1, -0.05) is 37.3 Å². The van der Waals surface area contributed by atoms with Gasteiger partial charge in [-0.05, 0) is 54.4 Å². The molecule has 0 radical (unpaired) electrons. The van der Waals surface area contributed by atoms with Gasteiger partial charge in [0, 0.05) is 11.1 Å². The summed E-state index contributed by atoms with van der Waals surface area (Å²) in [5.74, 6) is 0. The minimum Gasteiger partial charge on any atom is -0.448 e. The van der Waals surface area contributed by atoms with Gasteiger partial charge in [-0.3, -0.25) is 0 Å². The van der Waals surface area contributed by atoms with Crippen LogP contribution < -0.4 is 5.01 Å². The molecule has 0 aliphatic rings. The van der Waals surface area contributed by atoms with Crippen LogP contribution in [0.3, 0.4) is 0 Å². The van der Waals surface area contributed by atoms with Crippen molar-refractivity contribution >= 4 is 33.0 Å². The third-order valence-electron chi connectivity index (χ3n) is 5.18. The molecular formula is C25H22F3N3O4S2. The number of hydrogen-bond acceptors (Lipinski definition) is 6. The van der Waals surface area contributed by atoms with E-state index in [4.69, 9.17) is 4.74 Å². The standard InChI is InChI=1S/C25H22F3N3O4S2/c1-3-14-35-24(32)30(18-9-5-4-6-10-18)31-20(16-23(29-31)25(26,27)28)22-13-12-21(36-22)17-8-7-11-19(15-17)37(2,33)34/h4-13,15-16H,3,14H2,1-2H3. The maximum Gasteiger partial charge on any atom is 0.435 e. The van der Waals surface area contributed by atoms with Crippen LogP contribution >= 0.6 is 11.3 Å².